The molecular weight excluding hydrogens is 301 g/mol. The van der Waals surface area contributed by atoms with Gasteiger partial charge < -0.3 is 20.5 Å². The van der Waals surface area contributed by atoms with E-state index in [0.29, 0.717) is 5.69 Å². The van der Waals surface area contributed by atoms with Gasteiger partial charge in [-0.05, 0) is 29.7 Å². The van der Waals surface area contributed by atoms with Crippen LogP contribution in [0.25, 0.3) is 0 Å². The number of urea groups is 1. The molecule has 0 bridgehead atoms. The quantitative estimate of drug-likeness (QED) is 0.798. The maximum absolute atomic E-state index is 12.0. The van der Waals surface area contributed by atoms with Gasteiger partial charge in [0.15, 0.2) is 0 Å². The molecule has 1 atom stereocenters. The number of rotatable bonds is 4. The van der Waals surface area contributed by atoms with E-state index in [1.165, 1.54) is 12.1 Å². The summed E-state index contributed by atoms with van der Waals surface area (Å²) >= 11 is 0. The molecule has 0 aliphatic carbocycles. The van der Waals surface area contributed by atoms with Crippen molar-refractivity contribution in [1.29, 1.82) is 0 Å². The van der Waals surface area contributed by atoms with Crippen molar-refractivity contribution >= 4 is 11.7 Å². The molecule has 0 fully saturated rings. The number of hydrogen-bond acceptors (Lipinski definition) is 3. The highest BCUT2D eigenvalue weighted by Crippen LogP contribution is 2.24. The Balaban J connectivity index is 2.62. The van der Waals surface area contributed by atoms with Crippen LogP contribution in [0, 0.1) is 5.41 Å². The summed E-state index contributed by atoms with van der Waals surface area (Å²) in [6.07, 6.45) is -4.76. The highest BCUT2D eigenvalue weighted by molar-refractivity contribution is 5.89. The number of anilines is 1. The van der Waals surface area contributed by atoms with Crippen LogP contribution in [-0.2, 0) is 0 Å². The van der Waals surface area contributed by atoms with Gasteiger partial charge in [0.1, 0.15) is 5.75 Å². The topological polar surface area (TPSA) is 70.6 Å². The molecule has 0 aliphatic heterocycles. The van der Waals surface area contributed by atoms with Gasteiger partial charge in [-0.25, -0.2) is 4.79 Å². The minimum absolute atomic E-state index is 0.227. The fraction of sp³-hybridized carbons (Fsp3) is 0.500. The maximum atomic E-state index is 12.0. The first-order chi connectivity index (χ1) is 10.0. The molecule has 0 saturated heterocycles. The first-order valence-corrected chi connectivity index (χ1v) is 6.55. The standard InChI is InChI=1S/C14H19F3N2O3/c1-13(2,3)11(8-20)19-12(21)18-9-4-6-10(7-5-9)22-14(15,16)17/h4-7,11,20H,8H2,1-3H3,(H2,18,19,21)/t11-/m1/s1. The minimum atomic E-state index is -4.76. The van der Waals surface area contributed by atoms with Crippen molar-refractivity contribution in [2.24, 2.45) is 5.41 Å². The Labute approximate surface area is 126 Å². The highest BCUT2D eigenvalue weighted by Gasteiger charge is 2.31. The predicted octanol–water partition coefficient (Wildman–Crippen LogP) is 3.11. The maximum Gasteiger partial charge on any atom is 0.573 e. The molecule has 0 aromatic heterocycles. The van der Waals surface area contributed by atoms with Crippen LogP contribution in [0.3, 0.4) is 0 Å². The van der Waals surface area contributed by atoms with Gasteiger partial charge in [-0.3, -0.25) is 0 Å². The molecule has 124 valence electrons. The first kappa shape index (κ1) is 18.1. The normalized spacial score (nSPS) is 13.4. The van der Waals surface area contributed by atoms with Crippen LogP contribution in [0.15, 0.2) is 24.3 Å². The Morgan fingerprint density at radius 1 is 1.23 bits per heavy atom. The van der Waals surface area contributed by atoms with Crippen LogP contribution in [-0.4, -0.2) is 30.1 Å². The van der Waals surface area contributed by atoms with Gasteiger partial charge in [-0.15, -0.1) is 13.2 Å². The molecule has 0 unspecified atom stereocenters. The Morgan fingerprint density at radius 2 is 1.77 bits per heavy atom. The average Bonchev–Trinajstić information content (AvgIpc) is 2.35. The predicted molar refractivity (Wildman–Crippen MR) is 75.6 cm³/mol. The summed E-state index contributed by atoms with van der Waals surface area (Å²) in [4.78, 5) is 11.8. The number of ether oxygens (including phenoxy) is 1. The van der Waals surface area contributed by atoms with Gasteiger partial charge in [-0.2, -0.15) is 0 Å². The van der Waals surface area contributed by atoms with E-state index in [-0.39, 0.29) is 17.8 Å². The zero-order valence-electron chi connectivity index (χ0n) is 12.5. The molecule has 0 heterocycles. The molecule has 5 nitrogen and oxygen atoms in total. The van der Waals surface area contributed by atoms with Gasteiger partial charge in [0, 0.05) is 5.69 Å². The fourth-order valence-electron chi connectivity index (χ4n) is 1.60. The van der Waals surface area contributed by atoms with E-state index < -0.39 is 18.4 Å². The monoisotopic (exact) mass is 320 g/mol. The second kappa shape index (κ2) is 6.87. The Morgan fingerprint density at radius 3 is 2.18 bits per heavy atom. The van der Waals surface area contributed by atoms with E-state index in [2.05, 4.69) is 15.4 Å². The number of benzene rings is 1. The Hall–Kier alpha value is -1.96. The minimum Gasteiger partial charge on any atom is -0.406 e. The molecule has 3 N–H and O–H groups in total. The van der Waals surface area contributed by atoms with Crippen molar-refractivity contribution in [2.45, 2.75) is 33.2 Å². The molecule has 8 heteroatoms. The molecular formula is C14H19F3N2O3. The van der Waals surface area contributed by atoms with Crippen molar-refractivity contribution in [3.63, 3.8) is 0 Å². The third-order valence-electron chi connectivity index (χ3n) is 2.88. The number of carbonyl (C=O) groups is 1. The first-order valence-electron chi connectivity index (χ1n) is 6.55. The zero-order valence-corrected chi connectivity index (χ0v) is 12.5. The summed E-state index contributed by atoms with van der Waals surface area (Å²) in [6, 6.07) is 3.74. The van der Waals surface area contributed by atoms with Gasteiger partial charge in [-0.1, -0.05) is 20.8 Å². The van der Waals surface area contributed by atoms with Gasteiger partial charge in [0.25, 0.3) is 0 Å². The van der Waals surface area contributed by atoms with E-state index in [9.17, 15) is 23.1 Å². The van der Waals surface area contributed by atoms with E-state index in [1.807, 2.05) is 20.8 Å². The van der Waals surface area contributed by atoms with Gasteiger partial charge >= 0.3 is 12.4 Å². The summed E-state index contributed by atoms with van der Waals surface area (Å²) < 4.78 is 39.8. The van der Waals surface area contributed by atoms with Crippen molar-refractivity contribution in [3.8, 4) is 5.75 Å². The summed E-state index contributed by atoms with van der Waals surface area (Å²) in [7, 11) is 0. The second-order valence-corrected chi connectivity index (χ2v) is 5.77. The van der Waals surface area contributed by atoms with Crippen molar-refractivity contribution < 1.29 is 27.8 Å². The molecule has 0 aliphatic rings. The largest absolute Gasteiger partial charge is 0.573 e. The lowest BCUT2D eigenvalue weighted by Gasteiger charge is -2.29. The number of halogens is 3. The Kier molecular flexibility index (Phi) is 5.65. The molecule has 1 aromatic rings. The molecule has 0 spiro atoms. The smallest absolute Gasteiger partial charge is 0.406 e. The molecule has 22 heavy (non-hydrogen) atoms. The average molecular weight is 320 g/mol. The lowest BCUT2D eigenvalue weighted by Crippen LogP contribution is -2.47. The van der Waals surface area contributed by atoms with E-state index in [1.54, 1.807) is 0 Å². The lowest BCUT2D eigenvalue weighted by atomic mass is 9.87. The third-order valence-corrected chi connectivity index (χ3v) is 2.88. The van der Waals surface area contributed by atoms with Crippen LogP contribution in [0.5, 0.6) is 5.75 Å². The van der Waals surface area contributed by atoms with Crippen molar-refractivity contribution in [3.05, 3.63) is 24.3 Å². The second-order valence-electron chi connectivity index (χ2n) is 5.77. The number of hydrogen-bond donors (Lipinski definition) is 3. The molecule has 0 radical (unpaired) electrons. The lowest BCUT2D eigenvalue weighted by molar-refractivity contribution is -0.274. The SMILES string of the molecule is CC(C)(C)[C@@H](CO)NC(=O)Nc1ccc(OC(F)(F)F)cc1. The van der Waals surface area contributed by atoms with E-state index in [4.69, 9.17) is 0 Å². The molecule has 1 aromatic carbocycles. The fourth-order valence-corrected chi connectivity index (χ4v) is 1.60. The molecule has 1 rings (SSSR count). The van der Waals surface area contributed by atoms with E-state index >= 15 is 0 Å². The number of alkyl halides is 3. The summed E-state index contributed by atoms with van der Waals surface area (Å²) in [5.74, 6) is -0.374. The molecule has 2 amide bonds. The number of carbonyl (C=O) groups excluding carboxylic acids is 1. The number of amides is 2. The van der Waals surface area contributed by atoms with Crippen molar-refractivity contribution in [1.82, 2.24) is 5.32 Å². The van der Waals surface area contributed by atoms with Crippen LogP contribution in [0.4, 0.5) is 23.7 Å². The van der Waals surface area contributed by atoms with Crippen LogP contribution in [0.2, 0.25) is 0 Å². The summed E-state index contributed by atoms with van der Waals surface area (Å²) in [5, 5.41) is 14.3. The van der Waals surface area contributed by atoms with Crippen LogP contribution < -0.4 is 15.4 Å². The van der Waals surface area contributed by atoms with Crippen LogP contribution in [0.1, 0.15) is 20.8 Å². The van der Waals surface area contributed by atoms with E-state index in [0.717, 1.165) is 12.1 Å². The highest BCUT2D eigenvalue weighted by atomic mass is 19.4. The number of nitrogens with one attached hydrogen (secondary N) is 2. The third kappa shape index (κ3) is 6.21. The van der Waals surface area contributed by atoms with Crippen molar-refractivity contribution in [2.75, 3.05) is 11.9 Å². The van der Waals surface area contributed by atoms with Gasteiger partial charge in [0.2, 0.25) is 0 Å². The van der Waals surface area contributed by atoms with Crippen LogP contribution >= 0.6 is 0 Å². The summed E-state index contributed by atoms with van der Waals surface area (Å²) in [5.41, 5.74) is -0.0335. The number of aliphatic hydroxyl groups excluding tert-OH is 1. The van der Waals surface area contributed by atoms with Gasteiger partial charge in [0.05, 0.1) is 12.6 Å². The zero-order chi connectivity index (χ0) is 17.0. The summed E-state index contributed by atoms with van der Waals surface area (Å²) in [6.45, 7) is 5.35. The number of aliphatic hydroxyl groups is 1. The Bertz CT molecular complexity index is 496. The molecule has 0 saturated carbocycles.